The molecule has 3 rings (SSSR count). The van der Waals surface area contributed by atoms with E-state index in [0.717, 1.165) is 28.8 Å². The van der Waals surface area contributed by atoms with Crippen LogP contribution in [0.2, 0.25) is 0 Å². The fraction of sp³-hybridized carbons (Fsp3) is 0.167. The average Bonchev–Trinajstić information content (AvgIpc) is 2.86. The second-order valence-corrected chi connectivity index (χ2v) is 4.14. The number of fused-ring (bicyclic) bond motifs is 1. The number of hydrogen-bond acceptors (Lipinski definition) is 3. The van der Waals surface area contributed by atoms with Gasteiger partial charge in [0, 0.05) is 24.5 Å². The van der Waals surface area contributed by atoms with E-state index in [9.17, 15) is 0 Å². The second kappa shape index (κ2) is 3.62. The Balaban J connectivity index is 2.00. The third-order valence-electron chi connectivity index (χ3n) is 2.76. The minimum absolute atomic E-state index is 0.740. The van der Waals surface area contributed by atoms with Crippen LogP contribution in [0, 0.1) is 0 Å². The maximum absolute atomic E-state index is 5.73. The highest BCUT2D eigenvalue weighted by Crippen LogP contribution is 2.17. The SMILES string of the molecule is Cn1cc(Cn2cnc3cc(N)ccc32)cn1. The largest absolute Gasteiger partial charge is 0.399 e. The molecule has 5 heteroatoms. The molecule has 0 spiro atoms. The lowest BCUT2D eigenvalue weighted by Gasteiger charge is -2.01. The minimum Gasteiger partial charge on any atom is -0.399 e. The Morgan fingerprint density at radius 3 is 3.00 bits per heavy atom. The molecule has 0 bridgehead atoms. The van der Waals surface area contributed by atoms with Crippen LogP contribution in [0.5, 0.6) is 0 Å². The molecule has 0 atom stereocenters. The number of benzene rings is 1. The van der Waals surface area contributed by atoms with E-state index in [4.69, 9.17) is 5.73 Å². The number of hydrogen-bond donors (Lipinski definition) is 1. The normalized spacial score (nSPS) is 11.1. The predicted molar refractivity (Wildman–Crippen MR) is 66.5 cm³/mol. The monoisotopic (exact) mass is 227 g/mol. The number of aryl methyl sites for hydroxylation is 1. The summed E-state index contributed by atoms with van der Waals surface area (Å²) in [4.78, 5) is 4.34. The molecule has 3 aromatic rings. The van der Waals surface area contributed by atoms with Gasteiger partial charge < -0.3 is 10.3 Å². The van der Waals surface area contributed by atoms with E-state index in [0.29, 0.717) is 0 Å². The van der Waals surface area contributed by atoms with Crippen LogP contribution in [0.1, 0.15) is 5.56 Å². The quantitative estimate of drug-likeness (QED) is 0.673. The molecule has 2 aromatic heterocycles. The Kier molecular flexibility index (Phi) is 2.11. The summed E-state index contributed by atoms with van der Waals surface area (Å²) in [6.07, 6.45) is 5.70. The van der Waals surface area contributed by atoms with E-state index in [-0.39, 0.29) is 0 Å². The van der Waals surface area contributed by atoms with Gasteiger partial charge in [0.25, 0.3) is 0 Å². The van der Waals surface area contributed by atoms with Gasteiger partial charge in [-0.25, -0.2) is 4.98 Å². The first-order chi connectivity index (χ1) is 8.22. The first-order valence-electron chi connectivity index (χ1n) is 5.40. The molecule has 0 fully saturated rings. The molecule has 0 saturated heterocycles. The predicted octanol–water partition coefficient (Wildman–Crippen LogP) is 1.40. The molecule has 0 saturated carbocycles. The van der Waals surface area contributed by atoms with Gasteiger partial charge in [-0.15, -0.1) is 0 Å². The van der Waals surface area contributed by atoms with E-state index < -0.39 is 0 Å². The molecule has 0 aliphatic carbocycles. The lowest BCUT2D eigenvalue weighted by molar-refractivity contribution is 0.764. The first-order valence-corrected chi connectivity index (χ1v) is 5.40. The molecule has 17 heavy (non-hydrogen) atoms. The van der Waals surface area contributed by atoms with Crippen molar-refractivity contribution in [2.75, 3.05) is 5.73 Å². The van der Waals surface area contributed by atoms with Crippen molar-refractivity contribution in [3.8, 4) is 0 Å². The van der Waals surface area contributed by atoms with Crippen molar-refractivity contribution in [1.29, 1.82) is 0 Å². The van der Waals surface area contributed by atoms with E-state index >= 15 is 0 Å². The van der Waals surface area contributed by atoms with Crippen LogP contribution < -0.4 is 5.73 Å². The van der Waals surface area contributed by atoms with Crippen LogP contribution in [0.15, 0.2) is 36.9 Å². The Bertz CT molecular complexity index is 664. The van der Waals surface area contributed by atoms with E-state index in [1.807, 2.05) is 44.0 Å². The maximum Gasteiger partial charge on any atom is 0.0961 e. The third-order valence-corrected chi connectivity index (χ3v) is 2.76. The van der Waals surface area contributed by atoms with Gasteiger partial charge in [0.1, 0.15) is 0 Å². The molecule has 2 heterocycles. The topological polar surface area (TPSA) is 61.7 Å². The zero-order valence-corrected chi connectivity index (χ0v) is 9.54. The van der Waals surface area contributed by atoms with Crippen molar-refractivity contribution in [2.24, 2.45) is 7.05 Å². The molecule has 0 aliphatic rings. The zero-order valence-electron chi connectivity index (χ0n) is 9.54. The van der Waals surface area contributed by atoms with Gasteiger partial charge in [0.2, 0.25) is 0 Å². The summed E-state index contributed by atoms with van der Waals surface area (Å²) in [5.41, 5.74) is 9.63. The van der Waals surface area contributed by atoms with Crippen LogP contribution in [-0.4, -0.2) is 19.3 Å². The Morgan fingerprint density at radius 2 is 2.24 bits per heavy atom. The number of imidazole rings is 1. The Labute approximate surface area is 98.5 Å². The molecular formula is C12H13N5. The summed E-state index contributed by atoms with van der Waals surface area (Å²) in [6.45, 7) is 0.772. The number of nitrogens with two attached hydrogens (primary N) is 1. The zero-order chi connectivity index (χ0) is 11.8. The van der Waals surface area contributed by atoms with Crippen LogP contribution in [-0.2, 0) is 13.6 Å². The summed E-state index contributed by atoms with van der Waals surface area (Å²) < 4.78 is 3.89. The summed E-state index contributed by atoms with van der Waals surface area (Å²) in [7, 11) is 1.91. The van der Waals surface area contributed by atoms with Gasteiger partial charge in [0.05, 0.1) is 30.1 Å². The Hall–Kier alpha value is -2.30. The van der Waals surface area contributed by atoms with Crippen molar-refractivity contribution in [2.45, 2.75) is 6.54 Å². The molecule has 0 amide bonds. The minimum atomic E-state index is 0.740. The van der Waals surface area contributed by atoms with Crippen molar-refractivity contribution < 1.29 is 0 Å². The number of nitrogens with zero attached hydrogens (tertiary/aromatic N) is 4. The summed E-state index contributed by atoms with van der Waals surface area (Å²) in [6, 6.07) is 5.77. The molecule has 0 unspecified atom stereocenters. The highest BCUT2D eigenvalue weighted by atomic mass is 15.2. The third kappa shape index (κ3) is 1.75. The number of anilines is 1. The Morgan fingerprint density at radius 1 is 1.35 bits per heavy atom. The van der Waals surface area contributed by atoms with Crippen LogP contribution in [0.25, 0.3) is 11.0 Å². The van der Waals surface area contributed by atoms with Crippen LogP contribution in [0.3, 0.4) is 0 Å². The highest BCUT2D eigenvalue weighted by Gasteiger charge is 2.04. The molecule has 2 N–H and O–H groups in total. The highest BCUT2D eigenvalue weighted by molar-refractivity contribution is 5.78. The molecule has 5 nitrogen and oxygen atoms in total. The second-order valence-electron chi connectivity index (χ2n) is 4.14. The molecule has 0 radical (unpaired) electrons. The smallest absolute Gasteiger partial charge is 0.0961 e. The summed E-state index contributed by atoms with van der Waals surface area (Å²) in [5, 5.41) is 4.15. The lowest BCUT2D eigenvalue weighted by atomic mass is 10.2. The molecule has 86 valence electrons. The number of rotatable bonds is 2. The van der Waals surface area contributed by atoms with Crippen molar-refractivity contribution in [1.82, 2.24) is 19.3 Å². The van der Waals surface area contributed by atoms with Crippen molar-refractivity contribution >= 4 is 16.7 Å². The fourth-order valence-corrected chi connectivity index (χ4v) is 1.96. The van der Waals surface area contributed by atoms with Crippen LogP contribution >= 0.6 is 0 Å². The molecule has 0 aliphatic heterocycles. The van der Waals surface area contributed by atoms with Gasteiger partial charge in [-0.2, -0.15) is 5.10 Å². The van der Waals surface area contributed by atoms with Crippen molar-refractivity contribution in [3.63, 3.8) is 0 Å². The van der Waals surface area contributed by atoms with Crippen molar-refractivity contribution in [3.05, 3.63) is 42.5 Å². The summed E-state index contributed by atoms with van der Waals surface area (Å²) in [5.74, 6) is 0. The van der Waals surface area contributed by atoms with Gasteiger partial charge >= 0.3 is 0 Å². The van der Waals surface area contributed by atoms with Gasteiger partial charge in [-0.3, -0.25) is 4.68 Å². The average molecular weight is 227 g/mol. The van der Waals surface area contributed by atoms with Gasteiger partial charge in [-0.05, 0) is 18.2 Å². The first kappa shape index (κ1) is 9.89. The fourth-order valence-electron chi connectivity index (χ4n) is 1.96. The standard InChI is InChI=1S/C12H13N5/c1-16-6-9(5-15-16)7-17-8-14-11-4-10(13)2-3-12(11)17/h2-6,8H,7,13H2,1H3. The number of nitrogen functional groups attached to an aromatic ring is 1. The van der Waals surface area contributed by atoms with Crippen LogP contribution in [0.4, 0.5) is 5.69 Å². The number of aromatic nitrogens is 4. The van der Waals surface area contributed by atoms with E-state index in [1.165, 1.54) is 0 Å². The molecule has 1 aromatic carbocycles. The summed E-state index contributed by atoms with van der Waals surface area (Å²) >= 11 is 0. The maximum atomic E-state index is 5.73. The van der Waals surface area contributed by atoms with E-state index in [1.54, 1.807) is 4.68 Å². The van der Waals surface area contributed by atoms with E-state index in [2.05, 4.69) is 14.6 Å². The van der Waals surface area contributed by atoms with Gasteiger partial charge in [0.15, 0.2) is 0 Å². The molecular weight excluding hydrogens is 214 g/mol. The lowest BCUT2D eigenvalue weighted by Crippen LogP contribution is -1.96. The van der Waals surface area contributed by atoms with Gasteiger partial charge in [-0.1, -0.05) is 0 Å².